The second-order valence-corrected chi connectivity index (χ2v) is 4.39. The van der Waals surface area contributed by atoms with E-state index in [9.17, 15) is 4.79 Å². The maximum atomic E-state index is 11.6. The fraction of sp³-hybridized carbons (Fsp3) is 0.357. The van der Waals surface area contributed by atoms with E-state index in [1.165, 1.54) is 6.33 Å². The molecule has 7 nitrogen and oxygen atoms in total. The number of aryl methyl sites for hydroxylation is 1. The third kappa shape index (κ3) is 4.20. The van der Waals surface area contributed by atoms with E-state index in [0.717, 1.165) is 13.0 Å². The predicted molar refractivity (Wildman–Crippen MR) is 76.5 cm³/mol. The molecule has 0 aliphatic heterocycles. The zero-order valence-corrected chi connectivity index (χ0v) is 11.9. The third-order valence-corrected chi connectivity index (χ3v) is 2.76. The van der Waals surface area contributed by atoms with Crippen molar-refractivity contribution >= 4 is 11.7 Å². The molecular formula is C14H18N4O3. The van der Waals surface area contributed by atoms with E-state index >= 15 is 0 Å². The molecule has 1 heterocycles. The van der Waals surface area contributed by atoms with E-state index in [1.807, 2.05) is 6.92 Å². The number of hydrogen-bond donors (Lipinski definition) is 1. The molecule has 1 aromatic carbocycles. The maximum Gasteiger partial charge on any atom is 0.344 e. The minimum atomic E-state index is -0.482. The van der Waals surface area contributed by atoms with Crippen molar-refractivity contribution in [2.45, 2.75) is 26.5 Å². The monoisotopic (exact) mass is 290 g/mol. The number of benzene rings is 1. The Morgan fingerprint density at radius 3 is 2.95 bits per heavy atom. The predicted octanol–water partition coefficient (Wildman–Crippen LogP) is 1.39. The van der Waals surface area contributed by atoms with Gasteiger partial charge in [0.2, 0.25) is 0 Å². The number of carbonyl (C=O) groups excluding carboxylic acids is 1. The number of rotatable bonds is 7. The molecule has 0 saturated carbocycles. The van der Waals surface area contributed by atoms with Crippen LogP contribution in [-0.4, -0.2) is 27.3 Å². The summed E-state index contributed by atoms with van der Waals surface area (Å²) in [4.78, 5) is 15.7. The number of hydrogen-bond acceptors (Lipinski definition) is 6. The van der Waals surface area contributed by atoms with Gasteiger partial charge < -0.3 is 15.2 Å². The van der Waals surface area contributed by atoms with E-state index in [0.29, 0.717) is 17.3 Å². The Kier molecular flexibility index (Phi) is 5.14. The van der Waals surface area contributed by atoms with Crippen molar-refractivity contribution in [1.29, 1.82) is 0 Å². The van der Waals surface area contributed by atoms with Crippen molar-refractivity contribution in [2.75, 3.05) is 12.3 Å². The number of aromatic nitrogens is 3. The van der Waals surface area contributed by atoms with Gasteiger partial charge in [-0.1, -0.05) is 19.1 Å². The van der Waals surface area contributed by atoms with Crippen LogP contribution in [0.3, 0.4) is 0 Å². The Morgan fingerprint density at radius 2 is 2.19 bits per heavy atom. The lowest BCUT2D eigenvalue weighted by atomic mass is 10.3. The van der Waals surface area contributed by atoms with E-state index in [1.54, 1.807) is 28.9 Å². The summed E-state index contributed by atoms with van der Waals surface area (Å²) in [6.45, 7) is 2.65. The molecule has 0 aliphatic rings. The molecule has 0 amide bonds. The fourth-order valence-corrected chi connectivity index (χ4v) is 1.73. The highest BCUT2D eigenvalue weighted by Gasteiger charge is 2.09. The van der Waals surface area contributed by atoms with Gasteiger partial charge in [0, 0.05) is 6.54 Å². The average molecular weight is 290 g/mol. The van der Waals surface area contributed by atoms with Crippen LogP contribution in [0.25, 0.3) is 0 Å². The number of esters is 1. The Morgan fingerprint density at radius 1 is 1.38 bits per heavy atom. The van der Waals surface area contributed by atoms with Crippen molar-refractivity contribution in [3.05, 3.63) is 36.4 Å². The van der Waals surface area contributed by atoms with Gasteiger partial charge in [0.25, 0.3) is 0 Å². The van der Waals surface area contributed by atoms with Crippen LogP contribution in [0, 0.1) is 0 Å². The highest BCUT2D eigenvalue weighted by atomic mass is 16.6. The van der Waals surface area contributed by atoms with Crippen LogP contribution in [0.1, 0.15) is 19.2 Å². The average Bonchev–Trinajstić information content (AvgIpc) is 2.92. The molecule has 112 valence electrons. The van der Waals surface area contributed by atoms with Crippen LogP contribution < -0.4 is 10.5 Å². The largest absolute Gasteiger partial charge is 0.480 e. The number of nitrogen functional groups attached to an aromatic ring is 1. The maximum absolute atomic E-state index is 11.6. The number of ether oxygens (including phenoxy) is 2. The van der Waals surface area contributed by atoms with Crippen LogP contribution in [0.4, 0.5) is 5.69 Å². The first-order chi connectivity index (χ1) is 10.2. The number of para-hydroxylation sites is 2. The molecular weight excluding hydrogens is 272 g/mol. The van der Waals surface area contributed by atoms with Gasteiger partial charge in [0.1, 0.15) is 12.1 Å². The summed E-state index contributed by atoms with van der Waals surface area (Å²) in [5.41, 5.74) is 6.19. The Bertz CT molecular complexity index is 597. The molecule has 0 spiro atoms. The number of anilines is 1. The summed E-state index contributed by atoms with van der Waals surface area (Å²) in [7, 11) is 0. The van der Waals surface area contributed by atoms with Gasteiger partial charge in [-0.3, -0.25) is 0 Å². The number of nitrogens with zero attached hydrogens (tertiary/aromatic N) is 3. The van der Waals surface area contributed by atoms with Crippen LogP contribution in [-0.2, 0) is 22.7 Å². The van der Waals surface area contributed by atoms with Crippen LogP contribution in [0.2, 0.25) is 0 Å². The third-order valence-electron chi connectivity index (χ3n) is 2.76. The van der Waals surface area contributed by atoms with Gasteiger partial charge >= 0.3 is 5.97 Å². The molecule has 0 saturated heterocycles. The van der Waals surface area contributed by atoms with Crippen molar-refractivity contribution < 1.29 is 14.3 Å². The normalized spacial score (nSPS) is 10.3. The molecule has 2 aromatic rings. The number of carbonyl (C=O) groups is 1. The van der Waals surface area contributed by atoms with Gasteiger partial charge in [-0.15, -0.1) is 0 Å². The van der Waals surface area contributed by atoms with Crippen molar-refractivity contribution in [2.24, 2.45) is 0 Å². The second kappa shape index (κ2) is 7.28. The van der Waals surface area contributed by atoms with Crippen LogP contribution in [0.15, 0.2) is 30.6 Å². The molecule has 1 aromatic heterocycles. The second-order valence-electron chi connectivity index (χ2n) is 4.39. The molecule has 0 bridgehead atoms. The van der Waals surface area contributed by atoms with Gasteiger partial charge in [-0.05, 0) is 18.6 Å². The lowest BCUT2D eigenvalue weighted by molar-refractivity contribution is -0.147. The van der Waals surface area contributed by atoms with E-state index in [4.69, 9.17) is 15.2 Å². The first-order valence-electron chi connectivity index (χ1n) is 6.70. The molecule has 0 aliphatic carbocycles. The summed E-state index contributed by atoms with van der Waals surface area (Å²) in [6.07, 6.45) is 2.38. The molecule has 0 unspecified atom stereocenters. The smallest absolute Gasteiger partial charge is 0.344 e. The summed E-state index contributed by atoms with van der Waals surface area (Å²) in [6, 6.07) is 6.97. The fourth-order valence-electron chi connectivity index (χ4n) is 1.73. The van der Waals surface area contributed by atoms with Crippen molar-refractivity contribution in [3.63, 3.8) is 0 Å². The van der Waals surface area contributed by atoms with E-state index < -0.39 is 5.97 Å². The van der Waals surface area contributed by atoms with E-state index in [-0.39, 0.29) is 13.2 Å². The molecule has 0 atom stereocenters. The molecule has 21 heavy (non-hydrogen) atoms. The molecule has 7 heteroatoms. The van der Waals surface area contributed by atoms with E-state index in [2.05, 4.69) is 10.1 Å². The summed E-state index contributed by atoms with van der Waals surface area (Å²) < 4.78 is 12.1. The quantitative estimate of drug-likeness (QED) is 0.612. The first kappa shape index (κ1) is 14.8. The van der Waals surface area contributed by atoms with Gasteiger partial charge in [-0.25, -0.2) is 14.5 Å². The summed E-state index contributed by atoms with van der Waals surface area (Å²) in [5, 5.41) is 4.06. The minimum absolute atomic E-state index is 0.0759. The van der Waals surface area contributed by atoms with Gasteiger partial charge in [0.05, 0.1) is 5.69 Å². The lowest BCUT2D eigenvalue weighted by Crippen LogP contribution is -2.17. The molecule has 0 fully saturated rings. The van der Waals surface area contributed by atoms with Crippen LogP contribution in [0.5, 0.6) is 5.75 Å². The van der Waals surface area contributed by atoms with Gasteiger partial charge in [-0.2, -0.15) is 5.10 Å². The SMILES string of the molecule is CCCn1ncnc1COC(=O)COc1ccccc1N. The summed E-state index contributed by atoms with van der Waals surface area (Å²) in [5.74, 6) is 0.595. The zero-order chi connectivity index (χ0) is 15.1. The van der Waals surface area contributed by atoms with Crippen molar-refractivity contribution in [3.8, 4) is 5.75 Å². The zero-order valence-electron chi connectivity index (χ0n) is 11.9. The highest BCUT2D eigenvalue weighted by molar-refractivity contribution is 5.71. The Balaban J connectivity index is 1.80. The topological polar surface area (TPSA) is 92.3 Å². The molecule has 0 radical (unpaired) electrons. The Labute approximate surface area is 122 Å². The minimum Gasteiger partial charge on any atom is -0.480 e. The standard InChI is InChI=1S/C14H18N4O3/c1-2-7-18-13(16-10-17-18)8-21-14(19)9-20-12-6-4-3-5-11(12)15/h3-6,10H,2,7-9,15H2,1H3. The highest BCUT2D eigenvalue weighted by Crippen LogP contribution is 2.19. The number of nitrogens with two attached hydrogens (primary N) is 1. The first-order valence-corrected chi connectivity index (χ1v) is 6.70. The summed E-state index contributed by atoms with van der Waals surface area (Å²) >= 11 is 0. The molecule has 2 rings (SSSR count). The van der Waals surface area contributed by atoms with Crippen LogP contribution >= 0.6 is 0 Å². The Hall–Kier alpha value is -2.57. The van der Waals surface area contributed by atoms with Crippen molar-refractivity contribution in [1.82, 2.24) is 14.8 Å². The molecule has 2 N–H and O–H groups in total. The lowest BCUT2D eigenvalue weighted by Gasteiger charge is -2.09. The van der Waals surface area contributed by atoms with Gasteiger partial charge in [0.15, 0.2) is 19.0 Å².